The van der Waals surface area contributed by atoms with Crippen molar-refractivity contribution in [3.8, 4) is 11.3 Å². The molecule has 4 rings (SSSR count). The van der Waals surface area contributed by atoms with Crippen LogP contribution in [0.15, 0.2) is 59.4 Å². The Morgan fingerprint density at radius 2 is 1.73 bits per heavy atom. The van der Waals surface area contributed by atoms with Crippen LogP contribution in [0.1, 0.15) is 24.4 Å². The molecule has 30 heavy (non-hydrogen) atoms. The average Bonchev–Trinajstić information content (AvgIpc) is 3.18. The van der Waals surface area contributed by atoms with E-state index in [0.29, 0.717) is 11.3 Å². The third-order valence-corrected chi connectivity index (χ3v) is 4.68. The number of nitrogens with zero attached hydrogens (tertiary/aromatic N) is 3. The second kappa shape index (κ2) is 7.86. The van der Waals surface area contributed by atoms with Gasteiger partial charge in [0.05, 0.1) is 18.2 Å². The zero-order chi connectivity index (χ0) is 21.3. The van der Waals surface area contributed by atoms with Gasteiger partial charge in [0.15, 0.2) is 5.82 Å². The molecule has 0 saturated carbocycles. The van der Waals surface area contributed by atoms with Crippen molar-refractivity contribution in [3.63, 3.8) is 0 Å². The van der Waals surface area contributed by atoms with E-state index in [1.807, 2.05) is 0 Å². The number of rotatable bonds is 5. The second-order valence-electron chi connectivity index (χ2n) is 6.82. The fraction of sp³-hybridized carbons (Fsp3) is 0.143. The molecule has 0 bridgehead atoms. The SMILES string of the molecule is C[C@@H](NC(=O)Cc1n[nH]c(=O)c2cc(-c3ccc(F)cc3)nn12)c1ccc(F)cc1. The molecular formula is C21H17F2N5O2. The molecule has 0 fully saturated rings. The van der Waals surface area contributed by atoms with E-state index in [-0.39, 0.29) is 41.3 Å². The van der Waals surface area contributed by atoms with Gasteiger partial charge in [-0.1, -0.05) is 12.1 Å². The summed E-state index contributed by atoms with van der Waals surface area (Å²) in [6.07, 6.45) is -0.136. The molecule has 2 N–H and O–H groups in total. The number of fused-ring (bicyclic) bond motifs is 1. The average molecular weight is 409 g/mol. The Hall–Kier alpha value is -3.88. The van der Waals surface area contributed by atoms with Gasteiger partial charge in [-0.05, 0) is 55.0 Å². The fourth-order valence-corrected chi connectivity index (χ4v) is 3.11. The molecule has 0 aliphatic heterocycles. The number of carbonyl (C=O) groups excluding carboxylic acids is 1. The predicted molar refractivity (Wildman–Crippen MR) is 106 cm³/mol. The Balaban J connectivity index is 1.58. The maximum Gasteiger partial charge on any atom is 0.290 e. The highest BCUT2D eigenvalue weighted by molar-refractivity contribution is 5.78. The summed E-state index contributed by atoms with van der Waals surface area (Å²) in [6.45, 7) is 1.78. The normalized spacial score (nSPS) is 12.1. The lowest BCUT2D eigenvalue weighted by Gasteiger charge is -2.14. The molecular weight excluding hydrogens is 392 g/mol. The van der Waals surface area contributed by atoms with Crippen molar-refractivity contribution in [2.45, 2.75) is 19.4 Å². The summed E-state index contributed by atoms with van der Waals surface area (Å²) in [6, 6.07) is 12.8. The standard InChI is InChI=1S/C21H17F2N5O2/c1-12(13-2-6-15(22)7-3-13)24-20(29)11-19-25-26-21(30)18-10-17(27-28(18)19)14-4-8-16(23)9-5-14/h2-10,12H,11H2,1H3,(H,24,29)(H,26,30)/t12-/m1/s1. The molecule has 0 saturated heterocycles. The quantitative estimate of drug-likeness (QED) is 0.530. The number of benzene rings is 2. The van der Waals surface area contributed by atoms with E-state index in [0.717, 1.165) is 5.56 Å². The number of aromatic amines is 1. The number of H-pyrrole nitrogens is 1. The van der Waals surface area contributed by atoms with Crippen LogP contribution in [0.4, 0.5) is 8.78 Å². The minimum Gasteiger partial charge on any atom is -0.349 e. The first kappa shape index (κ1) is 19.4. The zero-order valence-electron chi connectivity index (χ0n) is 15.9. The lowest BCUT2D eigenvalue weighted by Crippen LogP contribution is -2.30. The maximum atomic E-state index is 13.2. The molecule has 152 valence electrons. The molecule has 2 aromatic carbocycles. The van der Waals surface area contributed by atoms with Crippen molar-refractivity contribution in [1.29, 1.82) is 0 Å². The van der Waals surface area contributed by atoms with Crippen molar-refractivity contribution >= 4 is 11.4 Å². The third-order valence-electron chi connectivity index (χ3n) is 4.68. The molecule has 0 unspecified atom stereocenters. The van der Waals surface area contributed by atoms with Crippen LogP contribution in [0.3, 0.4) is 0 Å². The highest BCUT2D eigenvalue weighted by Crippen LogP contribution is 2.19. The first-order valence-electron chi connectivity index (χ1n) is 9.19. The van der Waals surface area contributed by atoms with Crippen LogP contribution in [-0.2, 0) is 11.2 Å². The van der Waals surface area contributed by atoms with Crippen LogP contribution in [0.2, 0.25) is 0 Å². The van der Waals surface area contributed by atoms with Gasteiger partial charge < -0.3 is 5.32 Å². The lowest BCUT2D eigenvalue weighted by molar-refractivity contribution is -0.121. The molecule has 9 heteroatoms. The van der Waals surface area contributed by atoms with Crippen molar-refractivity contribution < 1.29 is 13.6 Å². The van der Waals surface area contributed by atoms with E-state index < -0.39 is 5.56 Å². The summed E-state index contributed by atoms with van der Waals surface area (Å²) in [7, 11) is 0. The van der Waals surface area contributed by atoms with Gasteiger partial charge in [-0.3, -0.25) is 9.59 Å². The molecule has 1 atom stereocenters. The number of aromatic nitrogens is 4. The second-order valence-corrected chi connectivity index (χ2v) is 6.82. The Labute approximate surface area is 169 Å². The number of hydrogen-bond acceptors (Lipinski definition) is 4. The van der Waals surface area contributed by atoms with Gasteiger partial charge in [0.1, 0.15) is 17.2 Å². The van der Waals surface area contributed by atoms with Gasteiger partial charge in [-0.15, -0.1) is 0 Å². The summed E-state index contributed by atoms with van der Waals surface area (Å²) in [5.41, 5.74) is 1.59. The third kappa shape index (κ3) is 3.95. The van der Waals surface area contributed by atoms with E-state index in [2.05, 4.69) is 20.6 Å². The van der Waals surface area contributed by atoms with Crippen molar-refractivity contribution in [2.24, 2.45) is 0 Å². The monoisotopic (exact) mass is 409 g/mol. The van der Waals surface area contributed by atoms with Gasteiger partial charge in [0.25, 0.3) is 5.56 Å². The van der Waals surface area contributed by atoms with E-state index >= 15 is 0 Å². The minimum atomic E-state index is -0.459. The highest BCUT2D eigenvalue weighted by atomic mass is 19.1. The fourth-order valence-electron chi connectivity index (χ4n) is 3.11. The Morgan fingerprint density at radius 1 is 1.10 bits per heavy atom. The molecule has 0 aliphatic rings. The lowest BCUT2D eigenvalue weighted by atomic mass is 10.1. The van der Waals surface area contributed by atoms with E-state index in [1.165, 1.54) is 28.8 Å². The van der Waals surface area contributed by atoms with Crippen LogP contribution in [-0.4, -0.2) is 25.7 Å². The molecule has 2 heterocycles. The van der Waals surface area contributed by atoms with Gasteiger partial charge in [0.2, 0.25) is 5.91 Å². The molecule has 4 aromatic rings. The Morgan fingerprint density at radius 3 is 2.40 bits per heavy atom. The number of hydrogen-bond donors (Lipinski definition) is 2. The van der Waals surface area contributed by atoms with E-state index in [9.17, 15) is 18.4 Å². The summed E-state index contributed by atoms with van der Waals surface area (Å²) >= 11 is 0. The van der Waals surface area contributed by atoms with Crippen LogP contribution in [0.5, 0.6) is 0 Å². The molecule has 0 aliphatic carbocycles. The number of amides is 1. The number of carbonyl (C=O) groups is 1. The van der Waals surface area contributed by atoms with Crippen molar-refractivity contribution in [1.82, 2.24) is 25.1 Å². The molecule has 7 nitrogen and oxygen atoms in total. The van der Waals surface area contributed by atoms with Crippen LogP contribution in [0, 0.1) is 11.6 Å². The van der Waals surface area contributed by atoms with E-state index in [4.69, 9.17) is 0 Å². The van der Waals surface area contributed by atoms with Gasteiger partial charge in [0, 0.05) is 5.56 Å². The van der Waals surface area contributed by atoms with Gasteiger partial charge in [-0.25, -0.2) is 18.4 Å². The first-order valence-corrected chi connectivity index (χ1v) is 9.19. The summed E-state index contributed by atoms with van der Waals surface area (Å²) in [5.74, 6) is -0.837. The Kier molecular flexibility index (Phi) is 5.09. The summed E-state index contributed by atoms with van der Waals surface area (Å²) in [5, 5.41) is 13.5. The van der Waals surface area contributed by atoms with Crippen LogP contribution < -0.4 is 10.9 Å². The van der Waals surface area contributed by atoms with Crippen molar-refractivity contribution in [2.75, 3.05) is 0 Å². The van der Waals surface area contributed by atoms with Crippen LogP contribution >= 0.6 is 0 Å². The zero-order valence-corrected chi connectivity index (χ0v) is 15.9. The van der Waals surface area contributed by atoms with Gasteiger partial charge in [-0.2, -0.15) is 10.2 Å². The van der Waals surface area contributed by atoms with Crippen LogP contribution in [0.25, 0.3) is 16.8 Å². The minimum absolute atomic E-state index is 0.136. The molecule has 0 radical (unpaired) electrons. The highest BCUT2D eigenvalue weighted by Gasteiger charge is 2.16. The van der Waals surface area contributed by atoms with Crippen molar-refractivity contribution in [3.05, 3.63) is 88.0 Å². The molecule has 1 amide bonds. The topological polar surface area (TPSA) is 92.1 Å². The summed E-state index contributed by atoms with van der Waals surface area (Å²) in [4.78, 5) is 24.6. The number of nitrogens with one attached hydrogen (secondary N) is 2. The first-order chi connectivity index (χ1) is 14.4. The maximum absolute atomic E-state index is 13.2. The van der Waals surface area contributed by atoms with E-state index in [1.54, 1.807) is 37.3 Å². The predicted octanol–water partition coefficient (Wildman–Crippen LogP) is 2.78. The smallest absolute Gasteiger partial charge is 0.290 e. The molecule has 2 aromatic heterocycles. The largest absolute Gasteiger partial charge is 0.349 e. The Bertz CT molecular complexity index is 1260. The van der Waals surface area contributed by atoms with Gasteiger partial charge >= 0.3 is 0 Å². The number of halogens is 2. The summed E-state index contributed by atoms with van der Waals surface area (Å²) < 4.78 is 27.5. The molecule has 0 spiro atoms.